The lowest BCUT2D eigenvalue weighted by Gasteiger charge is -2.25. The van der Waals surface area contributed by atoms with Gasteiger partial charge in [-0.3, -0.25) is 4.79 Å². The first kappa shape index (κ1) is 18.2. The Morgan fingerprint density at radius 1 is 1.18 bits per heavy atom. The predicted octanol–water partition coefficient (Wildman–Crippen LogP) is 2.29. The van der Waals surface area contributed by atoms with E-state index < -0.39 is 23.5 Å². The molecule has 1 aromatic heterocycles. The second-order valence-corrected chi connectivity index (χ2v) is 6.93. The largest absolute Gasteiger partial charge is 0.489 e. The summed E-state index contributed by atoms with van der Waals surface area (Å²) in [7, 11) is 2.62. The van der Waals surface area contributed by atoms with Gasteiger partial charge >= 0.3 is 11.9 Å². The van der Waals surface area contributed by atoms with Crippen molar-refractivity contribution < 1.29 is 23.8 Å². The van der Waals surface area contributed by atoms with Crippen LogP contribution in [0.4, 0.5) is 0 Å². The van der Waals surface area contributed by atoms with Crippen LogP contribution in [0.1, 0.15) is 17.8 Å². The van der Waals surface area contributed by atoms with E-state index in [1.807, 2.05) is 24.3 Å². The number of esters is 2. The van der Waals surface area contributed by atoms with Crippen molar-refractivity contribution >= 4 is 23.0 Å². The monoisotopic (exact) mass is 380 g/mol. The summed E-state index contributed by atoms with van der Waals surface area (Å²) in [6, 6.07) is 7.49. The fraction of sp³-hybridized carbons (Fsp3) is 0.333. The van der Waals surface area contributed by atoms with Gasteiger partial charge in [0.25, 0.3) is 0 Å². The molecule has 0 unspecified atom stereocenters. The van der Waals surface area contributed by atoms with Crippen molar-refractivity contribution in [1.29, 1.82) is 0 Å². The summed E-state index contributed by atoms with van der Waals surface area (Å²) in [5.41, 5.74) is 1.82. The molecule has 2 heterocycles. The van der Waals surface area contributed by atoms with Gasteiger partial charge in [-0.25, -0.2) is 14.8 Å². The first-order valence-corrected chi connectivity index (χ1v) is 8.96. The average Bonchev–Trinajstić information content (AvgIpc) is 3.04. The standard InChI is InChI=1S/C21H20N2O5/c1-4-12-10-21(20(25)27-3)11-17-16(9-13(18(21)28-12)19(24)26-2)22-14-7-5-6-8-15(14)23-17/h4-8,12H,1,9-11H2,2-3H3/t12-,21-/m1/s1. The number of carbonyl (C=O) groups is 2. The smallest absolute Gasteiger partial charge is 0.337 e. The third-order valence-corrected chi connectivity index (χ3v) is 5.34. The highest BCUT2D eigenvalue weighted by Crippen LogP contribution is 2.49. The van der Waals surface area contributed by atoms with Gasteiger partial charge < -0.3 is 14.2 Å². The molecule has 1 saturated heterocycles. The number of para-hydroxylation sites is 2. The van der Waals surface area contributed by atoms with Gasteiger partial charge in [0.2, 0.25) is 0 Å². The zero-order chi connectivity index (χ0) is 19.9. The Hall–Kier alpha value is -3.22. The molecule has 0 amide bonds. The number of benzene rings is 1. The number of rotatable bonds is 3. The van der Waals surface area contributed by atoms with E-state index in [1.165, 1.54) is 14.2 Å². The quantitative estimate of drug-likeness (QED) is 0.596. The molecule has 1 aliphatic heterocycles. The normalized spacial score (nSPS) is 23.3. The van der Waals surface area contributed by atoms with Crippen molar-refractivity contribution in [1.82, 2.24) is 9.97 Å². The van der Waals surface area contributed by atoms with Gasteiger partial charge in [0.05, 0.1) is 42.2 Å². The summed E-state index contributed by atoms with van der Waals surface area (Å²) in [5, 5.41) is 0. The molecule has 1 aliphatic carbocycles. The minimum Gasteiger partial charge on any atom is -0.489 e. The Morgan fingerprint density at radius 3 is 2.46 bits per heavy atom. The van der Waals surface area contributed by atoms with Gasteiger partial charge in [0.1, 0.15) is 17.3 Å². The van der Waals surface area contributed by atoms with E-state index in [4.69, 9.17) is 24.2 Å². The predicted molar refractivity (Wildman–Crippen MR) is 100 cm³/mol. The fourth-order valence-corrected chi connectivity index (χ4v) is 4.01. The van der Waals surface area contributed by atoms with Crippen LogP contribution in [0.5, 0.6) is 0 Å². The Kier molecular flexibility index (Phi) is 4.37. The molecule has 1 aromatic carbocycles. The van der Waals surface area contributed by atoms with Crippen LogP contribution in [0.2, 0.25) is 0 Å². The van der Waals surface area contributed by atoms with Crippen molar-refractivity contribution in [2.24, 2.45) is 5.41 Å². The van der Waals surface area contributed by atoms with Crippen molar-refractivity contribution in [2.45, 2.75) is 25.4 Å². The SMILES string of the molecule is C=C[C@@H]1C[C@@]2(C(=O)OC)Cc3nc4ccccc4nc3CC(C(=O)OC)=C2O1. The molecule has 7 nitrogen and oxygen atoms in total. The van der Waals surface area contributed by atoms with Gasteiger partial charge in [-0.05, 0) is 12.1 Å². The number of hydrogen-bond donors (Lipinski definition) is 0. The molecule has 4 rings (SSSR count). The highest BCUT2D eigenvalue weighted by molar-refractivity contribution is 5.93. The number of hydrogen-bond acceptors (Lipinski definition) is 7. The van der Waals surface area contributed by atoms with E-state index in [0.717, 1.165) is 11.0 Å². The van der Waals surface area contributed by atoms with Crippen molar-refractivity contribution in [3.8, 4) is 0 Å². The summed E-state index contributed by atoms with van der Waals surface area (Å²) in [4.78, 5) is 35.0. The molecule has 0 N–H and O–H groups in total. The number of ether oxygens (including phenoxy) is 3. The van der Waals surface area contributed by atoms with Crippen LogP contribution in [-0.2, 0) is 36.6 Å². The lowest BCUT2D eigenvalue weighted by molar-refractivity contribution is -0.150. The average molecular weight is 380 g/mol. The topological polar surface area (TPSA) is 87.6 Å². The molecule has 0 bridgehead atoms. The molecule has 0 radical (unpaired) electrons. The number of aromatic nitrogens is 2. The van der Waals surface area contributed by atoms with Gasteiger partial charge in [-0.15, -0.1) is 0 Å². The number of methoxy groups -OCH3 is 2. The number of fused-ring (bicyclic) bond motifs is 3. The van der Waals surface area contributed by atoms with Gasteiger partial charge in [0, 0.05) is 19.3 Å². The molecule has 2 aromatic rings. The first-order valence-electron chi connectivity index (χ1n) is 8.96. The van der Waals surface area contributed by atoms with Gasteiger partial charge in [-0.1, -0.05) is 24.8 Å². The summed E-state index contributed by atoms with van der Waals surface area (Å²) < 4.78 is 16.1. The van der Waals surface area contributed by atoms with E-state index in [1.54, 1.807) is 6.08 Å². The molecule has 2 atom stereocenters. The van der Waals surface area contributed by atoms with Gasteiger partial charge in [0.15, 0.2) is 0 Å². The van der Waals surface area contributed by atoms with E-state index >= 15 is 0 Å². The van der Waals surface area contributed by atoms with Crippen LogP contribution in [0.3, 0.4) is 0 Å². The Labute approximate surface area is 162 Å². The molecule has 7 heteroatoms. The van der Waals surface area contributed by atoms with Crippen LogP contribution >= 0.6 is 0 Å². The lowest BCUT2D eigenvalue weighted by atomic mass is 9.78. The molecule has 144 valence electrons. The van der Waals surface area contributed by atoms with Crippen LogP contribution < -0.4 is 0 Å². The third-order valence-electron chi connectivity index (χ3n) is 5.34. The molecule has 0 spiro atoms. The third kappa shape index (κ3) is 2.66. The molecular formula is C21H20N2O5. The maximum absolute atomic E-state index is 12.9. The first-order chi connectivity index (χ1) is 13.5. The summed E-state index contributed by atoms with van der Waals surface area (Å²) >= 11 is 0. The van der Waals surface area contributed by atoms with Gasteiger partial charge in [-0.2, -0.15) is 0 Å². The lowest BCUT2D eigenvalue weighted by Crippen LogP contribution is -2.35. The second kappa shape index (κ2) is 6.74. The Morgan fingerprint density at radius 2 is 1.86 bits per heavy atom. The highest BCUT2D eigenvalue weighted by atomic mass is 16.5. The minimum atomic E-state index is -1.17. The van der Waals surface area contributed by atoms with Crippen LogP contribution in [0.25, 0.3) is 11.0 Å². The molecule has 28 heavy (non-hydrogen) atoms. The summed E-state index contributed by atoms with van der Waals surface area (Å²) in [6.45, 7) is 3.77. The van der Waals surface area contributed by atoms with Crippen LogP contribution in [-0.4, -0.2) is 42.2 Å². The van der Waals surface area contributed by atoms with E-state index in [9.17, 15) is 9.59 Å². The van der Waals surface area contributed by atoms with E-state index in [2.05, 4.69) is 6.58 Å². The minimum absolute atomic E-state index is 0.164. The van der Waals surface area contributed by atoms with Crippen molar-refractivity contribution in [3.05, 3.63) is 59.6 Å². The second-order valence-electron chi connectivity index (χ2n) is 6.93. The maximum Gasteiger partial charge on any atom is 0.337 e. The molecule has 0 saturated carbocycles. The number of nitrogens with zero attached hydrogens (tertiary/aromatic N) is 2. The zero-order valence-electron chi connectivity index (χ0n) is 15.7. The Bertz CT molecular complexity index is 1030. The van der Waals surface area contributed by atoms with E-state index in [0.29, 0.717) is 17.8 Å². The zero-order valence-corrected chi connectivity index (χ0v) is 15.7. The number of carbonyl (C=O) groups excluding carboxylic acids is 2. The Balaban J connectivity index is 1.98. The fourth-order valence-electron chi connectivity index (χ4n) is 4.01. The van der Waals surface area contributed by atoms with Crippen molar-refractivity contribution in [2.75, 3.05) is 14.2 Å². The summed E-state index contributed by atoms with van der Waals surface area (Å²) in [5.74, 6) is -0.758. The maximum atomic E-state index is 12.9. The molecule has 1 fully saturated rings. The van der Waals surface area contributed by atoms with Crippen molar-refractivity contribution in [3.63, 3.8) is 0 Å². The summed E-state index contributed by atoms with van der Waals surface area (Å²) in [6.07, 6.45) is 1.91. The highest BCUT2D eigenvalue weighted by Gasteiger charge is 2.55. The van der Waals surface area contributed by atoms with E-state index in [-0.39, 0.29) is 24.2 Å². The van der Waals surface area contributed by atoms with Crippen LogP contribution in [0.15, 0.2) is 48.3 Å². The molecular weight excluding hydrogens is 360 g/mol. The molecule has 2 aliphatic rings. The van der Waals surface area contributed by atoms with Crippen LogP contribution in [0, 0.1) is 5.41 Å².